The third-order valence-electron chi connectivity index (χ3n) is 4.18. The van der Waals surface area contributed by atoms with Crippen LogP contribution in [-0.2, 0) is 10.0 Å². The Labute approximate surface area is 166 Å². The molecule has 0 fully saturated rings. The highest BCUT2D eigenvalue weighted by Crippen LogP contribution is 2.31. The van der Waals surface area contributed by atoms with Gasteiger partial charge in [-0.1, -0.05) is 13.8 Å². The van der Waals surface area contributed by atoms with Gasteiger partial charge in [0.25, 0.3) is 15.9 Å². The number of nitrogens with one attached hydrogen (secondary N) is 1. The SMILES string of the molecule is COc1ccc(S(=O)(=O)N(C)c2ccc(C(=O)NCC(C)C)cc2)cc1OC. The first-order chi connectivity index (χ1) is 13.2. The maximum absolute atomic E-state index is 12.9. The lowest BCUT2D eigenvalue weighted by atomic mass is 10.1. The lowest BCUT2D eigenvalue weighted by Gasteiger charge is -2.20. The Kier molecular flexibility index (Phi) is 6.90. The number of amides is 1. The van der Waals surface area contributed by atoms with Gasteiger partial charge in [-0.05, 0) is 42.3 Å². The predicted octanol–water partition coefficient (Wildman–Crippen LogP) is 2.91. The summed E-state index contributed by atoms with van der Waals surface area (Å²) in [5, 5.41) is 2.83. The van der Waals surface area contributed by atoms with Gasteiger partial charge in [0.05, 0.1) is 24.8 Å². The van der Waals surface area contributed by atoms with Crippen molar-refractivity contribution in [3.63, 3.8) is 0 Å². The Morgan fingerprint density at radius 3 is 2.18 bits per heavy atom. The van der Waals surface area contributed by atoms with Crippen LogP contribution in [0.5, 0.6) is 11.5 Å². The van der Waals surface area contributed by atoms with Crippen LogP contribution < -0.4 is 19.1 Å². The van der Waals surface area contributed by atoms with Crippen LogP contribution >= 0.6 is 0 Å². The van der Waals surface area contributed by atoms with Gasteiger partial charge in [0.1, 0.15) is 0 Å². The average molecular weight is 407 g/mol. The first kappa shape index (κ1) is 21.6. The molecule has 0 saturated heterocycles. The van der Waals surface area contributed by atoms with Gasteiger partial charge in [-0.15, -0.1) is 0 Å². The van der Waals surface area contributed by atoms with E-state index in [0.29, 0.717) is 35.2 Å². The second kappa shape index (κ2) is 8.97. The monoisotopic (exact) mass is 406 g/mol. The summed E-state index contributed by atoms with van der Waals surface area (Å²) in [6.07, 6.45) is 0. The number of anilines is 1. The van der Waals surface area contributed by atoms with Crippen molar-refractivity contribution in [2.75, 3.05) is 32.1 Å². The second-order valence-electron chi connectivity index (χ2n) is 6.64. The van der Waals surface area contributed by atoms with Crippen molar-refractivity contribution in [2.45, 2.75) is 18.7 Å². The molecule has 8 heteroatoms. The molecule has 1 amide bonds. The molecule has 0 atom stereocenters. The summed E-state index contributed by atoms with van der Waals surface area (Å²) in [5.41, 5.74) is 0.913. The van der Waals surface area contributed by atoms with Gasteiger partial charge in [0, 0.05) is 25.2 Å². The number of carbonyl (C=O) groups excluding carboxylic acids is 1. The molecule has 0 radical (unpaired) electrons. The summed E-state index contributed by atoms with van der Waals surface area (Å²) in [5.74, 6) is 0.932. The largest absolute Gasteiger partial charge is 0.493 e. The number of sulfonamides is 1. The number of rotatable bonds is 8. The quantitative estimate of drug-likeness (QED) is 0.729. The van der Waals surface area contributed by atoms with Gasteiger partial charge in [0.15, 0.2) is 11.5 Å². The molecule has 0 bridgehead atoms. The molecule has 0 spiro atoms. The lowest BCUT2D eigenvalue weighted by Crippen LogP contribution is -2.28. The van der Waals surface area contributed by atoms with Crippen LogP contribution in [0.15, 0.2) is 47.4 Å². The smallest absolute Gasteiger partial charge is 0.264 e. The lowest BCUT2D eigenvalue weighted by molar-refractivity contribution is 0.0949. The number of carbonyl (C=O) groups is 1. The fraction of sp³-hybridized carbons (Fsp3) is 0.350. The number of methoxy groups -OCH3 is 2. The molecule has 7 nitrogen and oxygen atoms in total. The molecule has 0 aromatic heterocycles. The van der Waals surface area contributed by atoms with E-state index >= 15 is 0 Å². The Balaban J connectivity index is 2.24. The highest BCUT2D eigenvalue weighted by atomic mass is 32.2. The minimum absolute atomic E-state index is 0.0754. The molecular weight excluding hydrogens is 380 g/mol. The molecule has 0 aliphatic carbocycles. The summed E-state index contributed by atoms with van der Waals surface area (Å²) < 4.78 is 37.4. The zero-order valence-corrected chi connectivity index (χ0v) is 17.5. The van der Waals surface area contributed by atoms with Gasteiger partial charge in [-0.3, -0.25) is 9.10 Å². The van der Waals surface area contributed by atoms with Crippen LogP contribution in [0.2, 0.25) is 0 Å². The maximum atomic E-state index is 12.9. The van der Waals surface area contributed by atoms with Crippen LogP contribution in [0, 0.1) is 5.92 Å². The fourth-order valence-corrected chi connectivity index (χ4v) is 3.71. The van der Waals surface area contributed by atoms with E-state index in [1.165, 1.54) is 33.4 Å². The Bertz CT molecular complexity index is 924. The van der Waals surface area contributed by atoms with Crippen molar-refractivity contribution in [3.05, 3.63) is 48.0 Å². The van der Waals surface area contributed by atoms with E-state index in [2.05, 4.69) is 5.32 Å². The Morgan fingerprint density at radius 2 is 1.64 bits per heavy atom. The van der Waals surface area contributed by atoms with Crippen LogP contribution in [-0.4, -0.2) is 42.1 Å². The molecule has 28 heavy (non-hydrogen) atoms. The summed E-state index contributed by atoms with van der Waals surface area (Å²) in [4.78, 5) is 12.2. The minimum Gasteiger partial charge on any atom is -0.493 e. The highest BCUT2D eigenvalue weighted by molar-refractivity contribution is 7.92. The van der Waals surface area contributed by atoms with Crippen LogP contribution in [0.4, 0.5) is 5.69 Å². The molecule has 1 N–H and O–H groups in total. The Morgan fingerprint density at radius 1 is 1.04 bits per heavy atom. The van der Waals surface area contributed by atoms with Gasteiger partial charge in [0.2, 0.25) is 0 Å². The zero-order chi connectivity index (χ0) is 20.9. The molecule has 0 aliphatic rings. The maximum Gasteiger partial charge on any atom is 0.264 e. The van der Waals surface area contributed by atoms with Crippen molar-refractivity contribution in [1.29, 1.82) is 0 Å². The van der Waals surface area contributed by atoms with Gasteiger partial charge < -0.3 is 14.8 Å². The first-order valence-electron chi connectivity index (χ1n) is 8.80. The number of ether oxygens (including phenoxy) is 2. The summed E-state index contributed by atoms with van der Waals surface area (Å²) in [6, 6.07) is 10.8. The van der Waals surface area contributed by atoms with E-state index in [1.807, 2.05) is 13.8 Å². The number of hydrogen-bond acceptors (Lipinski definition) is 5. The van der Waals surface area contributed by atoms with E-state index in [4.69, 9.17) is 9.47 Å². The summed E-state index contributed by atoms with van der Waals surface area (Å²) in [6.45, 7) is 4.60. The van der Waals surface area contributed by atoms with Gasteiger partial charge in [-0.25, -0.2) is 8.42 Å². The van der Waals surface area contributed by atoms with E-state index < -0.39 is 10.0 Å². The van der Waals surface area contributed by atoms with Gasteiger partial charge in [-0.2, -0.15) is 0 Å². The second-order valence-corrected chi connectivity index (χ2v) is 8.61. The normalized spacial score (nSPS) is 11.2. The predicted molar refractivity (Wildman–Crippen MR) is 109 cm³/mol. The van der Waals surface area contributed by atoms with E-state index in [-0.39, 0.29) is 10.8 Å². The molecular formula is C20H26N2O5S. The zero-order valence-electron chi connectivity index (χ0n) is 16.7. The molecule has 0 saturated carbocycles. The summed E-state index contributed by atoms with van der Waals surface area (Å²) in [7, 11) is 0.580. The molecule has 0 unspecified atom stereocenters. The highest BCUT2D eigenvalue weighted by Gasteiger charge is 2.23. The molecule has 2 aromatic rings. The fourth-order valence-electron chi connectivity index (χ4n) is 2.50. The van der Waals surface area contributed by atoms with Crippen LogP contribution in [0.3, 0.4) is 0 Å². The van der Waals surface area contributed by atoms with Crippen molar-refractivity contribution in [2.24, 2.45) is 5.92 Å². The molecule has 0 heterocycles. The van der Waals surface area contributed by atoms with E-state index in [9.17, 15) is 13.2 Å². The molecule has 152 valence electrons. The molecule has 2 rings (SSSR count). The van der Waals surface area contributed by atoms with Gasteiger partial charge >= 0.3 is 0 Å². The van der Waals surface area contributed by atoms with Crippen LogP contribution in [0.1, 0.15) is 24.2 Å². The van der Waals surface area contributed by atoms with E-state index in [0.717, 1.165) is 4.31 Å². The van der Waals surface area contributed by atoms with E-state index in [1.54, 1.807) is 30.3 Å². The average Bonchev–Trinajstić information content (AvgIpc) is 2.70. The third-order valence-corrected chi connectivity index (χ3v) is 5.96. The molecule has 2 aromatic carbocycles. The Hall–Kier alpha value is -2.74. The minimum atomic E-state index is -3.81. The number of hydrogen-bond donors (Lipinski definition) is 1. The third kappa shape index (κ3) is 4.75. The number of nitrogens with zero attached hydrogens (tertiary/aromatic N) is 1. The number of benzene rings is 2. The summed E-state index contributed by atoms with van der Waals surface area (Å²) >= 11 is 0. The van der Waals surface area contributed by atoms with Crippen molar-refractivity contribution >= 4 is 21.6 Å². The van der Waals surface area contributed by atoms with Crippen LogP contribution in [0.25, 0.3) is 0 Å². The van der Waals surface area contributed by atoms with Crippen molar-refractivity contribution < 1.29 is 22.7 Å². The van der Waals surface area contributed by atoms with Crippen molar-refractivity contribution in [1.82, 2.24) is 5.32 Å². The first-order valence-corrected chi connectivity index (χ1v) is 10.2. The standard InChI is InChI=1S/C20H26N2O5S/c1-14(2)13-21-20(23)15-6-8-16(9-7-15)22(3)28(24,25)17-10-11-18(26-4)19(12-17)27-5/h6-12,14H,13H2,1-5H3,(H,21,23). The van der Waals surface area contributed by atoms with Crippen molar-refractivity contribution in [3.8, 4) is 11.5 Å². The molecule has 0 aliphatic heterocycles. The topological polar surface area (TPSA) is 84.9 Å².